The number of benzene rings is 2. The van der Waals surface area contributed by atoms with Crippen molar-refractivity contribution < 1.29 is 18.8 Å². The Kier molecular flexibility index (Phi) is 15.7. The number of ether oxygens (including phenoxy) is 2. The normalized spacial score (nSPS) is 11.4. The second-order valence-corrected chi connectivity index (χ2v) is 11.1. The van der Waals surface area contributed by atoms with Crippen LogP contribution in [0.5, 0.6) is 5.75 Å². The SMILES string of the molecule is CCCCCCCCCc1ccc(OCCCCOC(=O)CCCC[N+](C)(C)Cc2ccccc2)cc1. The van der Waals surface area contributed by atoms with Gasteiger partial charge in [-0.25, -0.2) is 0 Å². The Morgan fingerprint density at radius 2 is 1.38 bits per heavy atom. The maximum absolute atomic E-state index is 12.0. The van der Waals surface area contributed by atoms with E-state index in [0.717, 1.165) is 55.4 Å². The first-order chi connectivity index (χ1) is 18.0. The highest BCUT2D eigenvalue weighted by Crippen LogP contribution is 2.16. The molecule has 0 aliphatic carbocycles. The Morgan fingerprint density at radius 1 is 0.703 bits per heavy atom. The van der Waals surface area contributed by atoms with Gasteiger partial charge in [0.2, 0.25) is 0 Å². The minimum atomic E-state index is -0.0779. The van der Waals surface area contributed by atoms with Crippen LogP contribution in [0.15, 0.2) is 54.6 Å². The van der Waals surface area contributed by atoms with E-state index in [1.807, 2.05) is 0 Å². The van der Waals surface area contributed by atoms with Crippen molar-refractivity contribution >= 4 is 5.97 Å². The van der Waals surface area contributed by atoms with Crippen molar-refractivity contribution in [3.8, 4) is 5.75 Å². The van der Waals surface area contributed by atoms with Crippen molar-refractivity contribution in [1.82, 2.24) is 0 Å². The van der Waals surface area contributed by atoms with Crippen molar-refractivity contribution in [2.24, 2.45) is 0 Å². The van der Waals surface area contributed by atoms with Gasteiger partial charge < -0.3 is 14.0 Å². The molecule has 37 heavy (non-hydrogen) atoms. The zero-order valence-electron chi connectivity index (χ0n) is 23.9. The molecule has 0 aliphatic rings. The third kappa shape index (κ3) is 15.5. The number of hydrogen-bond acceptors (Lipinski definition) is 3. The van der Waals surface area contributed by atoms with Crippen LogP contribution in [0.4, 0.5) is 0 Å². The molecule has 0 unspecified atom stereocenters. The number of carbonyl (C=O) groups excluding carboxylic acids is 1. The largest absolute Gasteiger partial charge is 0.494 e. The van der Waals surface area contributed by atoms with Gasteiger partial charge in [0.25, 0.3) is 0 Å². The van der Waals surface area contributed by atoms with E-state index in [1.54, 1.807) is 0 Å². The Labute approximate surface area is 227 Å². The first-order valence-electron chi connectivity index (χ1n) is 14.7. The summed E-state index contributed by atoms with van der Waals surface area (Å²) in [5.41, 5.74) is 2.75. The van der Waals surface area contributed by atoms with Gasteiger partial charge in [-0.1, -0.05) is 87.9 Å². The van der Waals surface area contributed by atoms with Crippen LogP contribution in [-0.2, 0) is 22.5 Å². The number of hydrogen-bond donors (Lipinski definition) is 0. The fourth-order valence-electron chi connectivity index (χ4n) is 4.66. The lowest BCUT2D eigenvalue weighted by atomic mass is 10.0. The average molecular weight is 511 g/mol. The van der Waals surface area contributed by atoms with Crippen LogP contribution in [0.1, 0.15) is 95.1 Å². The highest BCUT2D eigenvalue weighted by atomic mass is 16.5. The maximum atomic E-state index is 12.0. The Bertz CT molecular complexity index is 832. The molecule has 0 spiro atoms. The van der Waals surface area contributed by atoms with E-state index >= 15 is 0 Å². The molecule has 206 valence electrons. The van der Waals surface area contributed by atoms with Gasteiger partial charge in [-0.15, -0.1) is 0 Å². The molecule has 0 N–H and O–H groups in total. The highest BCUT2D eigenvalue weighted by Gasteiger charge is 2.15. The molecule has 4 nitrogen and oxygen atoms in total. The smallest absolute Gasteiger partial charge is 0.305 e. The zero-order chi connectivity index (χ0) is 26.6. The van der Waals surface area contributed by atoms with Crippen molar-refractivity contribution in [3.63, 3.8) is 0 Å². The molecule has 0 radical (unpaired) electrons. The number of esters is 1. The fourth-order valence-corrected chi connectivity index (χ4v) is 4.66. The van der Waals surface area contributed by atoms with Crippen molar-refractivity contribution in [2.45, 2.75) is 96.9 Å². The van der Waals surface area contributed by atoms with Crippen LogP contribution >= 0.6 is 0 Å². The topological polar surface area (TPSA) is 35.5 Å². The van der Waals surface area contributed by atoms with Gasteiger partial charge in [-0.3, -0.25) is 4.79 Å². The van der Waals surface area contributed by atoms with Gasteiger partial charge in [0.1, 0.15) is 12.3 Å². The molecule has 0 saturated heterocycles. The minimum Gasteiger partial charge on any atom is -0.494 e. The third-order valence-electron chi connectivity index (χ3n) is 6.91. The lowest BCUT2D eigenvalue weighted by Gasteiger charge is -2.30. The van der Waals surface area contributed by atoms with E-state index in [9.17, 15) is 4.79 Å². The van der Waals surface area contributed by atoms with Crippen LogP contribution < -0.4 is 4.74 Å². The fraction of sp³-hybridized carbons (Fsp3) is 0.606. The van der Waals surface area contributed by atoms with Crippen molar-refractivity contribution in [1.29, 1.82) is 0 Å². The molecule has 2 aromatic carbocycles. The first kappa shape index (κ1) is 30.9. The predicted molar refractivity (Wildman–Crippen MR) is 155 cm³/mol. The highest BCUT2D eigenvalue weighted by molar-refractivity contribution is 5.69. The number of rotatable bonds is 21. The van der Waals surface area contributed by atoms with E-state index < -0.39 is 0 Å². The standard InChI is InChI=1S/C33H52NO3/c1-4-5-6-7-8-9-11-18-30-22-24-32(25-23-30)36-27-16-17-28-37-33(35)21-14-15-26-34(2,3)29-31-19-12-10-13-20-31/h10,12-13,19-20,22-25H,4-9,11,14-18,21,26-29H2,1-3H3/q+1. The van der Waals surface area contributed by atoms with E-state index in [-0.39, 0.29) is 5.97 Å². The molecule has 0 bridgehead atoms. The van der Waals surface area contributed by atoms with Crippen LogP contribution in [0, 0.1) is 0 Å². The van der Waals surface area contributed by atoms with Crippen LogP contribution in [0.25, 0.3) is 0 Å². The van der Waals surface area contributed by atoms with E-state index in [4.69, 9.17) is 9.47 Å². The van der Waals surface area contributed by atoms with E-state index in [1.165, 1.54) is 56.1 Å². The second kappa shape index (κ2) is 18.8. The van der Waals surface area contributed by atoms with Crippen LogP contribution in [0.2, 0.25) is 0 Å². The summed E-state index contributed by atoms with van der Waals surface area (Å²) in [5, 5.41) is 0. The number of nitrogens with zero attached hydrogens (tertiary/aromatic N) is 1. The zero-order valence-corrected chi connectivity index (χ0v) is 23.9. The molecular formula is C33H52NO3+. The molecular weight excluding hydrogens is 458 g/mol. The van der Waals surface area contributed by atoms with Crippen LogP contribution in [0.3, 0.4) is 0 Å². The first-order valence-corrected chi connectivity index (χ1v) is 14.7. The van der Waals surface area contributed by atoms with Gasteiger partial charge in [0.05, 0.1) is 33.9 Å². The summed E-state index contributed by atoms with van der Waals surface area (Å²) >= 11 is 0. The molecule has 2 aromatic rings. The quantitative estimate of drug-likeness (QED) is 0.0966. The lowest BCUT2D eigenvalue weighted by molar-refractivity contribution is -0.903. The summed E-state index contributed by atoms with van der Waals surface area (Å²) in [6.07, 6.45) is 14.7. The number of quaternary nitrogens is 1. The molecule has 2 rings (SSSR count). The molecule has 0 fully saturated rings. The summed E-state index contributed by atoms with van der Waals surface area (Å²) in [5.74, 6) is 0.847. The van der Waals surface area contributed by atoms with E-state index in [0.29, 0.717) is 19.6 Å². The van der Waals surface area contributed by atoms with Crippen molar-refractivity contribution in [3.05, 3.63) is 65.7 Å². The summed E-state index contributed by atoms with van der Waals surface area (Å²) in [6.45, 7) is 5.47. The number of unbranched alkanes of at least 4 members (excludes halogenated alkanes) is 8. The Morgan fingerprint density at radius 3 is 2.11 bits per heavy atom. The van der Waals surface area contributed by atoms with Crippen molar-refractivity contribution in [2.75, 3.05) is 33.9 Å². The lowest BCUT2D eigenvalue weighted by Crippen LogP contribution is -2.39. The molecule has 0 heterocycles. The predicted octanol–water partition coefficient (Wildman–Crippen LogP) is 8.13. The van der Waals surface area contributed by atoms with E-state index in [2.05, 4.69) is 75.6 Å². The average Bonchev–Trinajstić information content (AvgIpc) is 2.89. The van der Waals surface area contributed by atoms with Gasteiger partial charge >= 0.3 is 5.97 Å². The van der Waals surface area contributed by atoms with Gasteiger partial charge in [-0.2, -0.15) is 0 Å². The summed E-state index contributed by atoms with van der Waals surface area (Å²) in [7, 11) is 4.50. The Balaban J connectivity index is 1.44. The Hall–Kier alpha value is -2.33. The summed E-state index contributed by atoms with van der Waals surface area (Å²) in [4.78, 5) is 12.0. The second-order valence-electron chi connectivity index (χ2n) is 11.1. The molecule has 4 heteroatoms. The summed E-state index contributed by atoms with van der Waals surface area (Å²) < 4.78 is 12.2. The third-order valence-corrected chi connectivity index (χ3v) is 6.91. The number of aryl methyl sites for hydroxylation is 1. The number of carbonyl (C=O) groups is 1. The molecule has 0 saturated carbocycles. The molecule has 0 atom stereocenters. The molecule has 0 amide bonds. The van der Waals surface area contributed by atoms with Gasteiger partial charge in [0.15, 0.2) is 0 Å². The monoisotopic (exact) mass is 510 g/mol. The van der Waals surface area contributed by atoms with Gasteiger partial charge in [-0.05, 0) is 56.2 Å². The van der Waals surface area contributed by atoms with Crippen LogP contribution in [-0.4, -0.2) is 44.3 Å². The maximum Gasteiger partial charge on any atom is 0.305 e. The van der Waals surface area contributed by atoms with Gasteiger partial charge in [0, 0.05) is 12.0 Å². The minimum absolute atomic E-state index is 0.0779. The molecule has 0 aromatic heterocycles. The summed E-state index contributed by atoms with van der Waals surface area (Å²) in [6, 6.07) is 19.1. The molecule has 0 aliphatic heterocycles.